The molecule has 0 saturated carbocycles. The minimum absolute atomic E-state index is 0.145. The number of anilines is 2. The van der Waals surface area contributed by atoms with Gasteiger partial charge in [0.2, 0.25) is 15.9 Å². The molecule has 0 radical (unpaired) electrons. The van der Waals surface area contributed by atoms with Gasteiger partial charge in [-0.2, -0.15) is 0 Å². The zero-order chi connectivity index (χ0) is 19.9. The van der Waals surface area contributed by atoms with Crippen molar-refractivity contribution in [2.75, 3.05) is 29.5 Å². The molecule has 1 amide bonds. The number of carbonyl (C=O) groups excluding carboxylic acids is 1. The number of rotatable bonds is 8. The predicted molar refractivity (Wildman–Crippen MR) is 111 cm³/mol. The molecule has 0 saturated heterocycles. The summed E-state index contributed by atoms with van der Waals surface area (Å²) < 4.78 is 24.8. The number of hydrogen-bond acceptors (Lipinski definition) is 4. The number of likely N-dealkylation sites (N-methyl/N-ethyl adjacent to an activating group) is 1. The third-order valence-electron chi connectivity index (χ3n) is 4.04. The lowest BCUT2D eigenvalue weighted by Gasteiger charge is -2.27. The smallest absolute Gasteiger partial charge is 0.244 e. The SMILES string of the molecule is CC(CNC(=O)C=Cc1ccc(NS(C)(=O)=O)cc1)N(C)c1ccccc1. The molecule has 2 N–H and O–H groups in total. The average molecular weight is 388 g/mol. The van der Waals surface area contributed by atoms with Crippen LogP contribution in [0.2, 0.25) is 0 Å². The second-order valence-corrected chi connectivity index (χ2v) is 8.12. The summed E-state index contributed by atoms with van der Waals surface area (Å²) in [4.78, 5) is 14.1. The van der Waals surface area contributed by atoms with Gasteiger partial charge < -0.3 is 10.2 Å². The summed E-state index contributed by atoms with van der Waals surface area (Å²) in [6.07, 6.45) is 4.25. The van der Waals surface area contributed by atoms with Crippen molar-refractivity contribution in [1.82, 2.24) is 5.32 Å². The van der Waals surface area contributed by atoms with E-state index in [9.17, 15) is 13.2 Å². The highest BCUT2D eigenvalue weighted by molar-refractivity contribution is 7.92. The molecule has 1 unspecified atom stereocenters. The van der Waals surface area contributed by atoms with E-state index in [0.717, 1.165) is 17.5 Å². The molecule has 0 spiro atoms. The van der Waals surface area contributed by atoms with Gasteiger partial charge in [-0.15, -0.1) is 0 Å². The summed E-state index contributed by atoms with van der Waals surface area (Å²) >= 11 is 0. The van der Waals surface area contributed by atoms with E-state index in [1.54, 1.807) is 30.3 Å². The Hall–Kier alpha value is -2.80. The molecule has 2 aromatic rings. The van der Waals surface area contributed by atoms with Crippen molar-refractivity contribution in [3.8, 4) is 0 Å². The quantitative estimate of drug-likeness (QED) is 0.683. The van der Waals surface area contributed by atoms with E-state index < -0.39 is 10.0 Å². The molecule has 2 aromatic carbocycles. The van der Waals surface area contributed by atoms with Crippen molar-refractivity contribution < 1.29 is 13.2 Å². The molecular weight excluding hydrogens is 362 g/mol. The molecule has 6 nitrogen and oxygen atoms in total. The number of carbonyl (C=O) groups is 1. The molecule has 0 fully saturated rings. The molecule has 0 aromatic heterocycles. The van der Waals surface area contributed by atoms with E-state index >= 15 is 0 Å². The zero-order valence-electron chi connectivity index (χ0n) is 15.7. The van der Waals surface area contributed by atoms with E-state index in [1.807, 2.05) is 44.3 Å². The predicted octanol–water partition coefficient (Wildman–Crippen LogP) is 2.71. The second-order valence-electron chi connectivity index (χ2n) is 6.37. The fraction of sp³-hybridized carbons (Fsp3) is 0.250. The van der Waals surface area contributed by atoms with Crippen molar-refractivity contribution in [3.63, 3.8) is 0 Å². The van der Waals surface area contributed by atoms with Gasteiger partial charge in [-0.3, -0.25) is 9.52 Å². The molecular formula is C20H25N3O3S. The first-order valence-electron chi connectivity index (χ1n) is 8.56. The highest BCUT2D eigenvalue weighted by Gasteiger charge is 2.10. The first-order chi connectivity index (χ1) is 12.7. The minimum Gasteiger partial charge on any atom is -0.370 e. The second kappa shape index (κ2) is 9.23. The van der Waals surface area contributed by atoms with Gasteiger partial charge in [0.25, 0.3) is 0 Å². The van der Waals surface area contributed by atoms with Crippen molar-refractivity contribution in [2.45, 2.75) is 13.0 Å². The van der Waals surface area contributed by atoms with E-state index in [2.05, 4.69) is 14.9 Å². The van der Waals surface area contributed by atoms with Crippen molar-refractivity contribution in [2.24, 2.45) is 0 Å². The lowest BCUT2D eigenvalue weighted by Crippen LogP contribution is -2.39. The van der Waals surface area contributed by atoms with Crippen molar-refractivity contribution >= 4 is 33.4 Å². The van der Waals surface area contributed by atoms with Crippen LogP contribution in [0, 0.1) is 0 Å². The van der Waals surface area contributed by atoms with Crippen LogP contribution in [-0.4, -0.2) is 40.2 Å². The molecule has 27 heavy (non-hydrogen) atoms. The molecule has 0 aliphatic heterocycles. The van der Waals surface area contributed by atoms with Crippen LogP contribution < -0.4 is 14.9 Å². The Morgan fingerprint density at radius 3 is 2.33 bits per heavy atom. The van der Waals surface area contributed by atoms with Gasteiger partial charge in [-0.1, -0.05) is 30.3 Å². The fourth-order valence-electron chi connectivity index (χ4n) is 2.41. The topological polar surface area (TPSA) is 78.5 Å². The van der Waals surface area contributed by atoms with Gasteiger partial charge in [0.15, 0.2) is 0 Å². The summed E-state index contributed by atoms with van der Waals surface area (Å²) in [5.74, 6) is -0.179. The lowest BCUT2D eigenvalue weighted by atomic mass is 10.2. The Kier molecular flexibility index (Phi) is 7.01. The maximum absolute atomic E-state index is 12.0. The Morgan fingerprint density at radius 2 is 1.74 bits per heavy atom. The van der Waals surface area contributed by atoms with Crippen LogP contribution in [0.5, 0.6) is 0 Å². The van der Waals surface area contributed by atoms with Crippen LogP contribution in [0.3, 0.4) is 0 Å². The molecule has 144 valence electrons. The third-order valence-corrected chi connectivity index (χ3v) is 4.64. The average Bonchev–Trinajstić information content (AvgIpc) is 2.64. The van der Waals surface area contributed by atoms with Gasteiger partial charge in [0.1, 0.15) is 0 Å². The number of nitrogens with one attached hydrogen (secondary N) is 2. The Balaban J connectivity index is 1.84. The first kappa shape index (κ1) is 20.5. The van der Waals surface area contributed by atoms with E-state index in [1.165, 1.54) is 6.08 Å². The fourth-order valence-corrected chi connectivity index (χ4v) is 2.97. The van der Waals surface area contributed by atoms with Crippen LogP contribution in [0.4, 0.5) is 11.4 Å². The van der Waals surface area contributed by atoms with E-state index in [0.29, 0.717) is 12.2 Å². The minimum atomic E-state index is -3.29. The maximum Gasteiger partial charge on any atom is 0.244 e. The number of sulfonamides is 1. The van der Waals surface area contributed by atoms with Gasteiger partial charge in [-0.05, 0) is 42.8 Å². The van der Waals surface area contributed by atoms with E-state index in [4.69, 9.17) is 0 Å². The molecule has 0 bridgehead atoms. The molecule has 2 rings (SSSR count). The molecule has 0 aliphatic rings. The molecule has 0 aliphatic carbocycles. The highest BCUT2D eigenvalue weighted by Crippen LogP contribution is 2.14. The summed E-state index contributed by atoms with van der Waals surface area (Å²) in [6.45, 7) is 2.57. The van der Waals surface area contributed by atoms with Gasteiger partial charge in [0, 0.05) is 37.1 Å². The Labute approximate surface area is 161 Å². The standard InChI is InChI=1S/C20H25N3O3S/c1-16(23(2)19-7-5-4-6-8-19)15-21-20(24)14-11-17-9-12-18(13-10-17)22-27(3,25)26/h4-14,16,22H,15H2,1-3H3,(H,21,24). The van der Waals surface area contributed by atoms with E-state index in [-0.39, 0.29) is 11.9 Å². The number of para-hydroxylation sites is 1. The largest absolute Gasteiger partial charge is 0.370 e. The van der Waals surface area contributed by atoms with Gasteiger partial charge in [-0.25, -0.2) is 8.42 Å². The number of hydrogen-bond donors (Lipinski definition) is 2. The van der Waals surface area contributed by atoms with Crippen LogP contribution in [0.25, 0.3) is 6.08 Å². The lowest BCUT2D eigenvalue weighted by molar-refractivity contribution is -0.116. The van der Waals surface area contributed by atoms with Crippen molar-refractivity contribution in [3.05, 3.63) is 66.2 Å². The molecule has 0 heterocycles. The summed E-state index contributed by atoms with van der Waals surface area (Å²) in [6, 6.07) is 16.9. The normalized spacial score (nSPS) is 12.6. The van der Waals surface area contributed by atoms with Crippen LogP contribution in [0.1, 0.15) is 12.5 Å². The first-order valence-corrected chi connectivity index (χ1v) is 10.5. The maximum atomic E-state index is 12.0. The van der Waals surface area contributed by atoms with Gasteiger partial charge in [0.05, 0.1) is 6.26 Å². The zero-order valence-corrected chi connectivity index (χ0v) is 16.5. The number of amides is 1. The van der Waals surface area contributed by atoms with Gasteiger partial charge >= 0.3 is 0 Å². The summed E-state index contributed by atoms with van der Waals surface area (Å²) in [7, 11) is -1.30. The third kappa shape index (κ3) is 7.15. The Bertz CT molecular complexity index is 878. The highest BCUT2D eigenvalue weighted by atomic mass is 32.2. The molecule has 1 atom stereocenters. The number of benzene rings is 2. The number of nitrogens with zero attached hydrogens (tertiary/aromatic N) is 1. The summed E-state index contributed by atoms with van der Waals surface area (Å²) in [5, 5.41) is 2.89. The Morgan fingerprint density at radius 1 is 1.11 bits per heavy atom. The van der Waals surface area contributed by atoms with Crippen LogP contribution >= 0.6 is 0 Å². The van der Waals surface area contributed by atoms with Crippen LogP contribution in [0.15, 0.2) is 60.7 Å². The van der Waals surface area contributed by atoms with Crippen LogP contribution in [-0.2, 0) is 14.8 Å². The van der Waals surface area contributed by atoms with Crippen molar-refractivity contribution in [1.29, 1.82) is 0 Å². The summed E-state index contributed by atoms with van der Waals surface area (Å²) in [5.41, 5.74) is 2.38. The monoisotopic (exact) mass is 387 g/mol. The molecule has 7 heteroatoms.